The monoisotopic (exact) mass is 598 g/mol. The van der Waals surface area contributed by atoms with E-state index in [0.29, 0.717) is 40.2 Å². The second-order valence-corrected chi connectivity index (χ2v) is 9.72. The van der Waals surface area contributed by atoms with E-state index in [0.717, 1.165) is 22.9 Å². The molecule has 3 aromatic carbocycles. The van der Waals surface area contributed by atoms with E-state index >= 15 is 0 Å². The van der Waals surface area contributed by atoms with Crippen molar-refractivity contribution in [1.29, 1.82) is 0 Å². The minimum Gasteiger partial charge on any atom is -0.493 e. The van der Waals surface area contributed by atoms with Crippen LogP contribution < -0.4 is 15.0 Å². The van der Waals surface area contributed by atoms with E-state index < -0.39 is 4.92 Å². The van der Waals surface area contributed by atoms with Gasteiger partial charge < -0.3 is 9.47 Å². The fourth-order valence-corrected chi connectivity index (χ4v) is 4.39. The molecule has 0 N–H and O–H groups in total. The van der Waals surface area contributed by atoms with Gasteiger partial charge in [0.25, 0.3) is 11.2 Å². The van der Waals surface area contributed by atoms with Crippen molar-refractivity contribution in [1.82, 2.24) is 9.66 Å². The third-order valence-corrected chi connectivity index (χ3v) is 6.51. The molecule has 4 rings (SSSR count). The number of aryl methyl sites for hydroxylation is 1. The Morgan fingerprint density at radius 1 is 1.18 bits per heavy atom. The summed E-state index contributed by atoms with van der Waals surface area (Å²) in [5, 5.41) is 16.1. The van der Waals surface area contributed by atoms with Gasteiger partial charge >= 0.3 is 0 Å². The Bertz CT molecular complexity index is 1570. The highest BCUT2D eigenvalue weighted by atomic mass is 79.9. The molecule has 0 bridgehead atoms. The van der Waals surface area contributed by atoms with Gasteiger partial charge in [0.05, 0.1) is 34.2 Å². The number of methoxy groups -OCH3 is 1. The van der Waals surface area contributed by atoms with Gasteiger partial charge in [-0.1, -0.05) is 40.9 Å². The van der Waals surface area contributed by atoms with Crippen LogP contribution in [0.25, 0.3) is 10.9 Å². The first-order chi connectivity index (χ1) is 18.3. The average Bonchev–Trinajstić information content (AvgIpc) is 2.91. The zero-order chi connectivity index (χ0) is 27.2. The minimum atomic E-state index is -0.460. The number of nitro groups is 1. The smallest absolute Gasteiger partial charge is 0.282 e. The zero-order valence-corrected chi connectivity index (χ0v) is 23.0. The van der Waals surface area contributed by atoms with Gasteiger partial charge in [-0.3, -0.25) is 14.9 Å². The maximum absolute atomic E-state index is 13.3. The van der Waals surface area contributed by atoms with Gasteiger partial charge in [0.2, 0.25) is 0 Å². The third-order valence-electron chi connectivity index (χ3n) is 5.73. The lowest BCUT2D eigenvalue weighted by atomic mass is 10.2. The average molecular weight is 600 g/mol. The van der Waals surface area contributed by atoms with Crippen molar-refractivity contribution in [3.8, 4) is 11.5 Å². The number of halogens is 2. The van der Waals surface area contributed by atoms with Crippen molar-refractivity contribution in [2.45, 2.75) is 32.8 Å². The van der Waals surface area contributed by atoms with Crippen LogP contribution in [-0.2, 0) is 13.0 Å². The molecule has 0 saturated heterocycles. The number of hydrogen-bond donors (Lipinski definition) is 0. The Labute approximate surface area is 232 Å². The molecule has 0 radical (unpaired) electrons. The number of rotatable bonds is 10. The molecule has 38 heavy (non-hydrogen) atoms. The summed E-state index contributed by atoms with van der Waals surface area (Å²) in [6.07, 6.45) is 3.95. The van der Waals surface area contributed by atoms with Gasteiger partial charge in [0, 0.05) is 23.0 Å². The minimum absolute atomic E-state index is 0.000732. The van der Waals surface area contributed by atoms with Crippen molar-refractivity contribution in [3.63, 3.8) is 0 Å². The molecular formula is C27H24BrClN4O5. The maximum Gasteiger partial charge on any atom is 0.282 e. The molecule has 196 valence electrons. The van der Waals surface area contributed by atoms with Crippen LogP contribution in [0.3, 0.4) is 0 Å². The fraction of sp³-hybridized carbons (Fsp3) is 0.222. The lowest BCUT2D eigenvalue weighted by Gasteiger charge is -2.13. The second kappa shape index (κ2) is 12.2. The van der Waals surface area contributed by atoms with Gasteiger partial charge in [0.1, 0.15) is 12.4 Å². The number of fused-ring (bicyclic) bond motifs is 1. The number of hydrogen-bond acceptors (Lipinski definition) is 7. The molecule has 0 amide bonds. The van der Waals surface area contributed by atoms with Crippen molar-refractivity contribution < 1.29 is 14.4 Å². The number of nitrogens with zero attached hydrogens (tertiary/aromatic N) is 4. The van der Waals surface area contributed by atoms with Crippen LogP contribution in [-0.4, -0.2) is 27.9 Å². The summed E-state index contributed by atoms with van der Waals surface area (Å²) in [5.74, 6) is 1.27. The molecular weight excluding hydrogens is 576 g/mol. The third kappa shape index (κ3) is 6.20. The summed E-state index contributed by atoms with van der Waals surface area (Å²) >= 11 is 9.93. The summed E-state index contributed by atoms with van der Waals surface area (Å²) in [5.41, 5.74) is 1.68. The van der Waals surface area contributed by atoms with E-state index in [1.165, 1.54) is 30.1 Å². The molecule has 11 heteroatoms. The van der Waals surface area contributed by atoms with Gasteiger partial charge in [-0.25, -0.2) is 4.98 Å². The van der Waals surface area contributed by atoms with Crippen LogP contribution in [0.15, 0.2) is 69.0 Å². The van der Waals surface area contributed by atoms with E-state index in [-0.39, 0.29) is 22.9 Å². The van der Waals surface area contributed by atoms with E-state index in [2.05, 4.69) is 32.9 Å². The highest BCUT2D eigenvalue weighted by Gasteiger charge is 2.14. The van der Waals surface area contributed by atoms with E-state index in [4.69, 9.17) is 21.1 Å². The molecule has 4 aromatic rings. The molecule has 0 atom stereocenters. The number of benzene rings is 3. The molecule has 0 saturated carbocycles. The Morgan fingerprint density at radius 3 is 2.63 bits per heavy atom. The van der Waals surface area contributed by atoms with Crippen molar-refractivity contribution in [2.24, 2.45) is 5.10 Å². The number of ether oxygens (including phenoxy) is 2. The lowest BCUT2D eigenvalue weighted by molar-refractivity contribution is -0.384. The summed E-state index contributed by atoms with van der Waals surface area (Å²) in [6, 6.07) is 14.8. The van der Waals surface area contributed by atoms with E-state index in [9.17, 15) is 14.9 Å². The Kier molecular flexibility index (Phi) is 8.75. The van der Waals surface area contributed by atoms with E-state index in [1.54, 1.807) is 30.3 Å². The zero-order valence-electron chi connectivity index (χ0n) is 20.7. The van der Waals surface area contributed by atoms with Crippen LogP contribution >= 0.6 is 27.5 Å². The predicted molar refractivity (Wildman–Crippen MR) is 151 cm³/mol. The number of unbranched alkanes of at least 4 members (excludes halogenated alkanes) is 1. The Morgan fingerprint density at radius 2 is 1.95 bits per heavy atom. The molecule has 0 unspecified atom stereocenters. The maximum atomic E-state index is 13.3. The molecule has 1 heterocycles. The Balaban J connectivity index is 1.63. The van der Waals surface area contributed by atoms with Gasteiger partial charge in [-0.05, 0) is 60.0 Å². The largest absolute Gasteiger partial charge is 0.493 e. The molecule has 0 fully saturated rings. The Hall–Kier alpha value is -3.76. The summed E-state index contributed by atoms with van der Waals surface area (Å²) in [4.78, 5) is 28.4. The van der Waals surface area contributed by atoms with Crippen LogP contribution in [0.4, 0.5) is 5.69 Å². The molecule has 0 aliphatic carbocycles. The number of aromatic nitrogens is 2. The van der Waals surface area contributed by atoms with Gasteiger partial charge in [-0.15, -0.1) is 0 Å². The molecule has 0 aliphatic heterocycles. The van der Waals surface area contributed by atoms with Crippen LogP contribution in [0.1, 0.15) is 36.7 Å². The first-order valence-corrected chi connectivity index (χ1v) is 13.0. The highest BCUT2D eigenvalue weighted by molar-refractivity contribution is 9.10. The number of non-ortho nitro benzene ring substituents is 1. The van der Waals surface area contributed by atoms with Crippen LogP contribution in [0.2, 0.25) is 5.02 Å². The molecule has 9 nitrogen and oxygen atoms in total. The van der Waals surface area contributed by atoms with Crippen molar-refractivity contribution >= 4 is 50.3 Å². The molecule has 1 aromatic heterocycles. The SMILES string of the molecule is CCCCc1nc2ccc(Br)cc2c(=O)n1N=Cc1cc(Cl)c(OCc2ccc([N+](=O)[O-])cc2)c(OC)c1. The van der Waals surface area contributed by atoms with Crippen LogP contribution in [0, 0.1) is 10.1 Å². The first kappa shape index (κ1) is 27.3. The van der Waals surface area contributed by atoms with Gasteiger partial charge in [0.15, 0.2) is 11.5 Å². The predicted octanol–water partition coefficient (Wildman–Crippen LogP) is 6.53. The summed E-state index contributed by atoms with van der Waals surface area (Å²) in [7, 11) is 1.49. The second-order valence-electron chi connectivity index (χ2n) is 8.40. The topological polar surface area (TPSA) is 109 Å². The first-order valence-electron chi connectivity index (χ1n) is 11.8. The summed E-state index contributed by atoms with van der Waals surface area (Å²) in [6.45, 7) is 2.21. The summed E-state index contributed by atoms with van der Waals surface area (Å²) < 4.78 is 13.4. The van der Waals surface area contributed by atoms with Crippen molar-refractivity contribution in [2.75, 3.05) is 7.11 Å². The quantitative estimate of drug-likeness (QED) is 0.116. The number of nitro benzene ring substituents is 1. The van der Waals surface area contributed by atoms with E-state index in [1.807, 2.05) is 12.1 Å². The molecule has 0 aliphatic rings. The molecule has 0 spiro atoms. The standard InChI is InChI=1S/C27H24BrClN4O5/c1-3-4-5-25-31-23-11-8-19(28)14-21(23)27(34)32(25)30-15-18-12-22(29)26(24(13-18)37-2)38-16-17-6-9-20(10-7-17)33(35)36/h6-15H,3-5,16H2,1-2H3. The lowest BCUT2D eigenvalue weighted by Crippen LogP contribution is -2.22. The van der Waals surface area contributed by atoms with Gasteiger partial charge in [-0.2, -0.15) is 9.78 Å². The van der Waals surface area contributed by atoms with Crippen molar-refractivity contribution in [3.05, 3.63) is 102 Å². The van der Waals surface area contributed by atoms with Crippen LogP contribution in [0.5, 0.6) is 11.5 Å². The highest BCUT2D eigenvalue weighted by Crippen LogP contribution is 2.36. The normalized spacial score (nSPS) is 11.3. The fourth-order valence-electron chi connectivity index (χ4n) is 3.76.